The van der Waals surface area contributed by atoms with E-state index in [-0.39, 0.29) is 56.2 Å². The Morgan fingerprint density at radius 2 is 1.66 bits per heavy atom. The Morgan fingerprint density at radius 3 is 2.34 bits per heavy atom. The Bertz CT molecular complexity index is 1110. The number of ether oxygens (including phenoxy) is 1. The smallest absolute Gasteiger partial charge is 0.330 e. The highest BCUT2D eigenvalue weighted by Crippen LogP contribution is 2.75. The molecule has 0 radical (unpaired) electrons. The van der Waals surface area contributed by atoms with E-state index in [0.29, 0.717) is 24.6 Å². The van der Waals surface area contributed by atoms with E-state index in [1.807, 2.05) is 6.92 Å². The summed E-state index contributed by atoms with van der Waals surface area (Å²) in [7, 11) is 0. The van der Waals surface area contributed by atoms with E-state index in [4.69, 9.17) is 4.74 Å². The van der Waals surface area contributed by atoms with Gasteiger partial charge in [-0.2, -0.15) is 0 Å². The predicted octanol–water partition coefficient (Wildman–Crippen LogP) is 7.66. The maximum absolute atomic E-state index is 14.5. The molecule has 0 amide bonds. The molecule has 4 saturated carbocycles. The minimum absolute atomic E-state index is 0.0465. The molecular weight excluding hydrogens is 472 g/mol. The molecule has 0 N–H and O–H groups in total. The molecule has 0 aliphatic heterocycles. The highest BCUT2D eigenvalue weighted by molar-refractivity contribution is 5.96. The second kappa shape index (κ2) is 8.64. The molecule has 4 nitrogen and oxygen atoms in total. The van der Waals surface area contributed by atoms with Gasteiger partial charge in [-0.25, -0.2) is 4.79 Å². The van der Waals surface area contributed by atoms with Gasteiger partial charge < -0.3 is 4.74 Å². The van der Waals surface area contributed by atoms with Crippen molar-refractivity contribution in [2.24, 2.45) is 50.2 Å². The summed E-state index contributed by atoms with van der Waals surface area (Å²) in [5.74, 6) is 0.863. The van der Waals surface area contributed by atoms with Crippen LogP contribution in [-0.4, -0.2) is 24.1 Å². The second-order valence-electron chi connectivity index (χ2n) is 15.6. The molecule has 5 rings (SSSR count). The zero-order valence-corrected chi connectivity index (χ0v) is 25.2. The molecule has 0 spiro atoms. The van der Waals surface area contributed by atoms with Crippen molar-refractivity contribution in [3.8, 4) is 0 Å². The van der Waals surface area contributed by atoms with Crippen molar-refractivity contribution in [1.82, 2.24) is 0 Å². The molecular formula is C34H50O4. The fraction of sp³-hybridized carbons (Fsp3) is 0.794. The molecule has 0 heterocycles. The highest BCUT2D eigenvalue weighted by Gasteiger charge is 2.69. The zero-order chi connectivity index (χ0) is 27.9. The predicted molar refractivity (Wildman–Crippen MR) is 150 cm³/mol. The molecule has 4 heteroatoms. The Hall–Kier alpha value is -1.71. The largest absolute Gasteiger partial charge is 0.463 e. The normalized spacial score (nSPS) is 45.4. The van der Waals surface area contributed by atoms with E-state index >= 15 is 0 Å². The van der Waals surface area contributed by atoms with Crippen LogP contribution in [0.3, 0.4) is 0 Å². The quantitative estimate of drug-likeness (QED) is 0.282. The minimum atomic E-state index is -0.344. The van der Waals surface area contributed by atoms with Gasteiger partial charge in [0.25, 0.3) is 0 Å². The first-order valence-electron chi connectivity index (χ1n) is 15.2. The van der Waals surface area contributed by atoms with Crippen molar-refractivity contribution < 1.29 is 19.1 Å². The van der Waals surface area contributed by atoms with Gasteiger partial charge in [-0.3, -0.25) is 9.59 Å². The lowest BCUT2D eigenvalue weighted by molar-refractivity contribution is -0.169. The maximum atomic E-state index is 14.5. The van der Waals surface area contributed by atoms with Gasteiger partial charge in [0, 0.05) is 23.8 Å². The number of Topliss-reactive ketones (excluding diaryl/α,β-unsaturated/α-hetero) is 1. The molecule has 5 aliphatic rings. The van der Waals surface area contributed by atoms with Crippen molar-refractivity contribution >= 4 is 17.5 Å². The SMILES string of the molecule is CCOC(=O)C=C[C@]12CCC(C)(C)C[C@H]1[C@H]1C(=O)C=C3[C@@]4(C)CCC(=O)C(C)(C)[C@@H]4CC[C@@]3(C)[C@]1(C)CC2. The van der Waals surface area contributed by atoms with Gasteiger partial charge in [0.05, 0.1) is 6.61 Å². The number of hydrogen-bond donors (Lipinski definition) is 0. The van der Waals surface area contributed by atoms with Crippen LogP contribution in [0, 0.1) is 50.2 Å². The molecule has 5 aliphatic carbocycles. The molecule has 38 heavy (non-hydrogen) atoms. The summed E-state index contributed by atoms with van der Waals surface area (Å²) in [5.41, 5.74) is 0.729. The Labute approximate surface area is 230 Å². The van der Waals surface area contributed by atoms with Crippen LogP contribution >= 0.6 is 0 Å². The van der Waals surface area contributed by atoms with Crippen LogP contribution < -0.4 is 0 Å². The van der Waals surface area contributed by atoms with Crippen molar-refractivity contribution in [3.05, 3.63) is 23.8 Å². The lowest BCUT2D eigenvalue weighted by atomic mass is 9.34. The second-order valence-corrected chi connectivity index (χ2v) is 15.6. The number of esters is 1. The highest BCUT2D eigenvalue weighted by atomic mass is 16.5. The summed E-state index contributed by atoms with van der Waals surface area (Å²) in [6.45, 7) is 18.4. The first-order valence-corrected chi connectivity index (χ1v) is 15.2. The third kappa shape index (κ3) is 3.70. The van der Waals surface area contributed by atoms with Crippen LogP contribution in [0.1, 0.15) is 113 Å². The molecule has 0 saturated heterocycles. The third-order valence-corrected chi connectivity index (χ3v) is 13.0. The number of ketones is 2. The minimum Gasteiger partial charge on any atom is -0.463 e. The van der Waals surface area contributed by atoms with Crippen LogP contribution in [0.25, 0.3) is 0 Å². The molecule has 4 fully saturated rings. The Morgan fingerprint density at radius 1 is 0.974 bits per heavy atom. The average molecular weight is 523 g/mol. The third-order valence-electron chi connectivity index (χ3n) is 13.0. The van der Waals surface area contributed by atoms with E-state index in [2.05, 4.69) is 60.6 Å². The fourth-order valence-electron chi connectivity index (χ4n) is 10.6. The average Bonchev–Trinajstić information content (AvgIpc) is 2.82. The lowest BCUT2D eigenvalue weighted by Crippen LogP contribution is -2.65. The number of rotatable bonds is 3. The monoisotopic (exact) mass is 522 g/mol. The van der Waals surface area contributed by atoms with Gasteiger partial charge in [0.1, 0.15) is 5.78 Å². The van der Waals surface area contributed by atoms with Crippen LogP contribution in [0.15, 0.2) is 23.8 Å². The lowest BCUT2D eigenvalue weighted by Gasteiger charge is -2.69. The van der Waals surface area contributed by atoms with Gasteiger partial charge >= 0.3 is 5.97 Å². The number of allylic oxidation sites excluding steroid dienone is 3. The van der Waals surface area contributed by atoms with Crippen molar-refractivity contribution in [3.63, 3.8) is 0 Å². The summed E-state index contributed by atoms with van der Waals surface area (Å²) < 4.78 is 5.24. The van der Waals surface area contributed by atoms with Crippen LogP contribution in [0.5, 0.6) is 0 Å². The van der Waals surface area contributed by atoms with Crippen molar-refractivity contribution in [2.75, 3.05) is 6.61 Å². The van der Waals surface area contributed by atoms with E-state index in [1.54, 1.807) is 6.08 Å². The van der Waals surface area contributed by atoms with Gasteiger partial charge in [-0.1, -0.05) is 60.1 Å². The van der Waals surface area contributed by atoms with E-state index in [9.17, 15) is 14.4 Å². The molecule has 7 atom stereocenters. The fourth-order valence-corrected chi connectivity index (χ4v) is 10.6. The number of fused-ring (bicyclic) bond motifs is 7. The first kappa shape index (κ1) is 27.8. The van der Waals surface area contributed by atoms with Crippen molar-refractivity contribution in [2.45, 2.75) is 113 Å². The topological polar surface area (TPSA) is 60.4 Å². The van der Waals surface area contributed by atoms with Gasteiger partial charge in [-0.15, -0.1) is 0 Å². The molecule has 0 bridgehead atoms. The number of carbonyl (C=O) groups is 3. The molecule has 0 unspecified atom stereocenters. The Balaban J connectivity index is 1.61. The van der Waals surface area contributed by atoms with E-state index in [1.165, 1.54) is 5.57 Å². The summed E-state index contributed by atoms with van der Waals surface area (Å²) in [5, 5.41) is 0. The van der Waals surface area contributed by atoms with Crippen LogP contribution in [0.4, 0.5) is 0 Å². The van der Waals surface area contributed by atoms with Gasteiger partial charge in [0.15, 0.2) is 5.78 Å². The first-order chi connectivity index (χ1) is 17.6. The standard InChI is InChI=1S/C34H50O4/c1-9-38-27(37)12-15-34-18-16-29(2,3)21-22(34)28-23(35)20-25-31(6)13-11-26(36)30(4,5)24(31)10-14-32(25,7)33(28,8)17-19-34/h12,15,20,22,24,28H,9-11,13-14,16-19,21H2,1-8H3/t22-,24-,28-,31-,32+,33+,34+/m0/s1. The molecule has 210 valence electrons. The summed E-state index contributed by atoms with van der Waals surface area (Å²) >= 11 is 0. The van der Waals surface area contributed by atoms with Gasteiger partial charge in [0.2, 0.25) is 0 Å². The summed E-state index contributed by atoms with van der Waals surface area (Å²) in [6.07, 6.45) is 14.6. The summed E-state index contributed by atoms with van der Waals surface area (Å²) in [4.78, 5) is 39.8. The zero-order valence-electron chi connectivity index (χ0n) is 25.2. The van der Waals surface area contributed by atoms with Crippen LogP contribution in [0.2, 0.25) is 0 Å². The van der Waals surface area contributed by atoms with Crippen molar-refractivity contribution in [1.29, 1.82) is 0 Å². The summed E-state index contributed by atoms with van der Waals surface area (Å²) in [6, 6.07) is 0. The van der Waals surface area contributed by atoms with Gasteiger partial charge in [-0.05, 0) is 103 Å². The molecule has 0 aromatic rings. The maximum Gasteiger partial charge on any atom is 0.330 e. The molecule has 0 aromatic heterocycles. The van der Waals surface area contributed by atoms with Crippen LogP contribution in [-0.2, 0) is 19.1 Å². The molecule has 0 aromatic carbocycles. The van der Waals surface area contributed by atoms with E-state index in [0.717, 1.165) is 51.4 Å². The van der Waals surface area contributed by atoms with E-state index < -0.39 is 0 Å². The number of hydrogen-bond acceptors (Lipinski definition) is 4. The Kier molecular flexibility index (Phi) is 6.33. The number of carbonyl (C=O) groups excluding carboxylic acids is 3.